The van der Waals surface area contributed by atoms with Gasteiger partial charge in [-0.15, -0.1) is 0 Å². The van der Waals surface area contributed by atoms with E-state index in [9.17, 15) is 4.79 Å². The van der Waals surface area contributed by atoms with Crippen molar-refractivity contribution in [1.82, 2.24) is 5.32 Å². The van der Waals surface area contributed by atoms with Crippen molar-refractivity contribution in [3.05, 3.63) is 59.7 Å². The third kappa shape index (κ3) is 8.89. The molecule has 0 atom stereocenters. The van der Waals surface area contributed by atoms with Crippen LogP contribution in [-0.4, -0.2) is 39.1 Å². The van der Waals surface area contributed by atoms with Crippen LogP contribution >= 0.6 is 0 Å². The van der Waals surface area contributed by atoms with Crippen LogP contribution in [0.15, 0.2) is 48.5 Å². The number of unbranched alkanes of at least 4 members (excludes halogenated alkanes) is 2. The summed E-state index contributed by atoms with van der Waals surface area (Å²) in [5.41, 5.74) is 1.66. The van der Waals surface area contributed by atoms with Gasteiger partial charge in [0.25, 0.3) is 0 Å². The van der Waals surface area contributed by atoms with E-state index in [0.29, 0.717) is 13.2 Å². The van der Waals surface area contributed by atoms with Crippen molar-refractivity contribution in [2.45, 2.75) is 51.7 Å². The van der Waals surface area contributed by atoms with Crippen LogP contribution in [0.3, 0.4) is 0 Å². The molecule has 0 saturated heterocycles. The zero-order valence-corrected chi connectivity index (χ0v) is 19.3. The standard InChI is InChI=1S/C25H35NO5/c1-25(2,3)31-24(27)26-17-7-6-8-18-30-23(19-9-13-21(28-4)14-10-19)20-11-15-22(29-5)16-12-20/h9-16,23H,6-8,17-18H2,1-5H3,(H,26,27). The summed E-state index contributed by atoms with van der Waals surface area (Å²) in [7, 11) is 3.31. The average Bonchev–Trinajstić information content (AvgIpc) is 2.75. The highest BCUT2D eigenvalue weighted by Gasteiger charge is 2.16. The molecular formula is C25H35NO5. The van der Waals surface area contributed by atoms with Crippen LogP contribution in [0.2, 0.25) is 0 Å². The van der Waals surface area contributed by atoms with E-state index >= 15 is 0 Å². The van der Waals surface area contributed by atoms with Gasteiger partial charge in [0.05, 0.1) is 14.2 Å². The lowest BCUT2D eigenvalue weighted by Crippen LogP contribution is -2.33. The lowest BCUT2D eigenvalue weighted by Gasteiger charge is -2.20. The van der Waals surface area contributed by atoms with Crippen molar-refractivity contribution < 1.29 is 23.7 Å². The molecule has 2 aromatic rings. The summed E-state index contributed by atoms with van der Waals surface area (Å²) >= 11 is 0. The van der Waals surface area contributed by atoms with Gasteiger partial charge in [-0.3, -0.25) is 0 Å². The first-order valence-corrected chi connectivity index (χ1v) is 10.7. The van der Waals surface area contributed by atoms with Gasteiger partial charge in [-0.25, -0.2) is 4.79 Å². The number of benzene rings is 2. The Morgan fingerprint density at radius 2 is 1.35 bits per heavy atom. The lowest BCUT2D eigenvalue weighted by atomic mass is 10.0. The molecule has 0 spiro atoms. The third-order valence-electron chi connectivity index (χ3n) is 4.61. The fourth-order valence-electron chi connectivity index (χ4n) is 3.05. The lowest BCUT2D eigenvalue weighted by molar-refractivity contribution is 0.0525. The molecule has 0 aromatic heterocycles. The molecule has 2 aromatic carbocycles. The molecule has 0 aliphatic heterocycles. The molecule has 0 radical (unpaired) electrons. The van der Waals surface area contributed by atoms with Crippen molar-refractivity contribution in [2.24, 2.45) is 0 Å². The topological polar surface area (TPSA) is 66.0 Å². The van der Waals surface area contributed by atoms with E-state index in [1.807, 2.05) is 69.3 Å². The van der Waals surface area contributed by atoms with Crippen molar-refractivity contribution in [1.29, 1.82) is 0 Å². The van der Waals surface area contributed by atoms with E-state index in [-0.39, 0.29) is 12.2 Å². The Morgan fingerprint density at radius 3 is 1.81 bits per heavy atom. The molecule has 2 rings (SSSR count). The fraction of sp³-hybridized carbons (Fsp3) is 0.480. The zero-order valence-electron chi connectivity index (χ0n) is 19.3. The van der Waals surface area contributed by atoms with Gasteiger partial charge in [0, 0.05) is 13.2 Å². The summed E-state index contributed by atoms with van der Waals surface area (Å²) in [5, 5.41) is 2.79. The molecular weight excluding hydrogens is 394 g/mol. The van der Waals surface area contributed by atoms with Crippen LogP contribution in [0.25, 0.3) is 0 Å². The van der Waals surface area contributed by atoms with Crippen molar-refractivity contribution in [3.8, 4) is 11.5 Å². The summed E-state index contributed by atoms with van der Waals surface area (Å²) in [4.78, 5) is 11.7. The minimum atomic E-state index is -0.476. The highest BCUT2D eigenvalue weighted by Crippen LogP contribution is 2.29. The Bertz CT molecular complexity index is 734. The number of rotatable bonds is 11. The molecule has 6 nitrogen and oxygen atoms in total. The van der Waals surface area contributed by atoms with E-state index in [0.717, 1.165) is 41.9 Å². The summed E-state index contributed by atoms with van der Waals surface area (Å²) in [6.45, 7) is 6.77. The van der Waals surface area contributed by atoms with Gasteiger partial charge in [-0.05, 0) is 75.4 Å². The smallest absolute Gasteiger partial charge is 0.407 e. The number of amides is 1. The van der Waals surface area contributed by atoms with E-state index in [2.05, 4.69) is 5.32 Å². The van der Waals surface area contributed by atoms with Gasteiger partial charge in [0.15, 0.2) is 0 Å². The minimum Gasteiger partial charge on any atom is -0.497 e. The van der Waals surface area contributed by atoms with Crippen LogP contribution < -0.4 is 14.8 Å². The predicted molar refractivity (Wildman–Crippen MR) is 122 cm³/mol. The first-order chi connectivity index (χ1) is 14.8. The number of carbonyl (C=O) groups excluding carboxylic acids is 1. The molecule has 31 heavy (non-hydrogen) atoms. The largest absolute Gasteiger partial charge is 0.497 e. The van der Waals surface area contributed by atoms with Gasteiger partial charge in [0.1, 0.15) is 23.2 Å². The van der Waals surface area contributed by atoms with Crippen molar-refractivity contribution >= 4 is 6.09 Å². The Labute approximate surface area is 185 Å². The monoisotopic (exact) mass is 429 g/mol. The second-order valence-corrected chi connectivity index (χ2v) is 8.29. The molecule has 170 valence electrons. The van der Waals surface area contributed by atoms with Crippen LogP contribution in [-0.2, 0) is 9.47 Å². The highest BCUT2D eigenvalue weighted by atomic mass is 16.6. The molecule has 1 amide bonds. The van der Waals surface area contributed by atoms with Crippen molar-refractivity contribution in [2.75, 3.05) is 27.4 Å². The maximum atomic E-state index is 11.7. The minimum absolute atomic E-state index is 0.170. The number of methoxy groups -OCH3 is 2. The second-order valence-electron chi connectivity index (χ2n) is 8.29. The number of ether oxygens (including phenoxy) is 4. The molecule has 6 heteroatoms. The molecule has 0 aliphatic carbocycles. The highest BCUT2D eigenvalue weighted by molar-refractivity contribution is 5.67. The normalized spacial score (nSPS) is 11.3. The van der Waals surface area contributed by atoms with E-state index in [4.69, 9.17) is 18.9 Å². The summed E-state index contributed by atoms with van der Waals surface area (Å²) in [6.07, 6.45) is 2.18. The summed E-state index contributed by atoms with van der Waals surface area (Å²) in [6, 6.07) is 15.9. The van der Waals surface area contributed by atoms with Crippen molar-refractivity contribution in [3.63, 3.8) is 0 Å². The molecule has 1 N–H and O–H groups in total. The molecule has 0 saturated carbocycles. The van der Waals surface area contributed by atoms with Gasteiger partial charge in [0.2, 0.25) is 0 Å². The quantitative estimate of drug-likeness (QED) is 0.478. The molecule has 0 aliphatic rings. The maximum absolute atomic E-state index is 11.7. The number of hydrogen-bond donors (Lipinski definition) is 1. The van der Waals surface area contributed by atoms with Gasteiger partial charge in [-0.1, -0.05) is 24.3 Å². The SMILES string of the molecule is COc1ccc(C(OCCCCCNC(=O)OC(C)(C)C)c2ccc(OC)cc2)cc1. The first-order valence-electron chi connectivity index (χ1n) is 10.7. The summed E-state index contributed by atoms with van der Waals surface area (Å²) in [5.74, 6) is 1.63. The predicted octanol–water partition coefficient (Wildman–Crippen LogP) is 5.50. The summed E-state index contributed by atoms with van der Waals surface area (Å²) < 4.78 is 22.0. The fourth-order valence-corrected chi connectivity index (χ4v) is 3.05. The third-order valence-corrected chi connectivity index (χ3v) is 4.61. The Kier molecular flexibility index (Phi) is 9.66. The van der Waals surface area contributed by atoms with Gasteiger partial charge >= 0.3 is 6.09 Å². The molecule has 0 bridgehead atoms. The average molecular weight is 430 g/mol. The van der Waals surface area contributed by atoms with Crippen LogP contribution in [0, 0.1) is 0 Å². The first kappa shape index (κ1) is 24.5. The van der Waals surface area contributed by atoms with Gasteiger partial charge < -0.3 is 24.3 Å². The number of carbonyl (C=O) groups is 1. The molecule has 0 fully saturated rings. The van der Waals surface area contributed by atoms with Gasteiger partial charge in [-0.2, -0.15) is 0 Å². The van der Waals surface area contributed by atoms with Crippen LogP contribution in [0.4, 0.5) is 4.79 Å². The molecule has 0 heterocycles. The molecule has 0 unspecified atom stereocenters. The Hall–Kier alpha value is -2.73. The van der Waals surface area contributed by atoms with E-state index in [1.165, 1.54) is 0 Å². The number of hydrogen-bond acceptors (Lipinski definition) is 5. The maximum Gasteiger partial charge on any atom is 0.407 e. The second kappa shape index (κ2) is 12.2. The number of alkyl carbamates (subject to hydrolysis) is 1. The van der Waals surface area contributed by atoms with E-state index < -0.39 is 5.60 Å². The Balaban J connectivity index is 1.85. The van der Waals surface area contributed by atoms with Crippen LogP contribution in [0.1, 0.15) is 57.3 Å². The van der Waals surface area contributed by atoms with E-state index in [1.54, 1.807) is 14.2 Å². The number of nitrogens with one attached hydrogen (secondary N) is 1. The Morgan fingerprint density at radius 1 is 0.839 bits per heavy atom. The zero-order chi connectivity index (χ0) is 22.7. The van der Waals surface area contributed by atoms with Crippen LogP contribution in [0.5, 0.6) is 11.5 Å².